The highest BCUT2D eigenvalue weighted by atomic mass is 32.2. The summed E-state index contributed by atoms with van der Waals surface area (Å²) >= 11 is 3.59. The van der Waals surface area contributed by atoms with Crippen molar-refractivity contribution in [3.05, 3.63) is 48.8 Å². The third kappa shape index (κ3) is 2.34. The van der Waals surface area contributed by atoms with Crippen molar-refractivity contribution in [2.45, 2.75) is 16.6 Å². The van der Waals surface area contributed by atoms with Gasteiger partial charge in [0.05, 0.1) is 11.4 Å². The Morgan fingerprint density at radius 3 is 2.55 bits per heavy atom. The number of fused-ring (bicyclic) bond motifs is 1. The maximum absolute atomic E-state index is 4.89. The summed E-state index contributed by atoms with van der Waals surface area (Å²) in [6.07, 6.45) is 5.79. The maximum Gasteiger partial charge on any atom is 0.169 e. The lowest BCUT2D eigenvalue weighted by molar-refractivity contribution is 0.726. The van der Waals surface area contributed by atoms with E-state index < -0.39 is 0 Å². The molecule has 0 amide bonds. The topological polar surface area (TPSA) is 30.7 Å². The summed E-state index contributed by atoms with van der Waals surface area (Å²) in [7, 11) is 0. The Hall–Kier alpha value is -1.72. The molecule has 1 aliphatic rings. The lowest BCUT2D eigenvalue weighted by Crippen LogP contribution is -1.97. The summed E-state index contributed by atoms with van der Waals surface area (Å²) < 4.78 is 2.33. The molecule has 1 aromatic carbocycles. The second-order valence-corrected chi connectivity index (χ2v) is 7.00. The lowest BCUT2D eigenvalue weighted by atomic mass is 10.1. The SMILES string of the molecule is CSc1ccc(-c2nc3n(c2-c2ccncc2)CCS3)cc1. The molecule has 0 saturated carbocycles. The average Bonchev–Trinajstić information content (AvgIpc) is 3.16. The Morgan fingerprint density at radius 2 is 1.82 bits per heavy atom. The molecule has 1 aliphatic heterocycles. The summed E-state index contributed by atoms with van der Waals surface area (Å²) in [5.74, 6) is 1.10. The van der Waals surface area contributed by atoms with Crippen molar-refractivity contribution in [3.63, 3.8) is 0 Å². The van der Waals surface area contributed by atoms with Crippen LogP contribution in [0.4, 0.5) is 0 Å². The molecule has 0 unspecified atom stereocenters. The third-order valence-electron chi connectivity index (χ3n) is 3.80. The van der Waals surface area contributed by atoms with E-state index in [9.17, 15) is 0 Å². The first kappa shape index (κ1) is 13.9. The molecule has 0 spiro atoms. The highest BCUT2D eigenvalue weighted by molar-refractivity contribution is 7.99. The molecule has 22 heavy (non-hydrogen) atoms. The molecule has 110 valence electrons. The molecule has 3 heterocycles. The van der Waals surface area contributed by atoms with Crippen molar-refractivity contribution in [3.8, 4) is 22.5 Å². The molecule has 0 saturated heterocycles. The number of hydrogen-bond acceptors (Lipinski definition) is 4. The summed E-state index contributed by atoms with van der Waals surface area (Å²) in [6, 6.07) is 12.8. The highest BCUT2D eigenvalue weighted by Gasteiger charge is 2.23. The van der Waals surface area contributed by atoms with E-state index in [1.54, 1.807) is 11.8 Å². The van der Waals surface area contributed by atoms with Gasteiger partial charge in [0.15, 0.2) is 5.16 Å². The van der Waals surface area contributed by atoms with E-state index in [0.717, 1.165) is 23.1 Å². The molecule has 0 bridgehead atoms. The molecule has 0 atom stereocenters. The fourth-order valence-electron chi connectivity index (χ4n) is 2.73. The van der Waals surface area contributed by atoms with Crippen molar-refractivity contribution >= 4 is 23.5 Å². The number of imidazole rings is 1. The van der Waals surface area contributed by atoms with E-state index in [2.05, 4.69) is 52.2 Å². The number of hydrogen-bond donors (Lipinski definition) is 0. The van der Waals surface area contributed by atoms with Crippen molar-refractivity contribution in [1.29, 1.82) is 0 Å². The van der Waals surface area contributed by atoms with Crippen LogP contribution in [0.1, 0.15) is 0 Å². The van der Waals surface area contributed by atoms with Gasteiger partial charge in [-0.1, -0.05) is 23.9 Å². The molecule has 2 aromatic heterocycles. The summed E-state index contributed by atoms with van der Waals surface area (Å²) in [5.41, 5.74) is 4.63. The van der Waals surface area contributed by atoms with Gasteiger partial charge < -0.3 is 4.57 Å². The van der Waals surface area contributed by atoms with Gasteiger partial charge in [-0.15, -0.1) is 11.8 Å². The molecule has 5 heteroatoms. The number of nitrogens with zero attached hydrogens (tertiary/aromatic N) is 3. The number of rotatable bonds is 3. The van der Waals surface area contributed by atoms with Gasteiger partial charge in [0.2, 0.25) is 0 Å². The van der Waals surface area contributed by atoms with Gasteiger partial charge in [0.1, 0.15) is 0 Å². The van der Waals surface area contributed by atoms with Gasteiger partial charge in [-0.2, -0.15) is 0 Å². The Kier molecular flexibility index (Phi) is 3.68. The first-order chi connectivity index (χ1) is 10.9. The van der Waals surface area contributed by atoms with Crippen molar-refractivity contribution < 1.29 is 0 Å². The van der Waals surface area contributed by atoms with Crippen LogP contribution >= 0.6 is 23.5 Å². The third-order valence-corrected chi connectivity index (χ3v) is 5.50. The number of benzene rings is 1. The zero-order valence-corrected chi connectivity index (χ0v) is 13.8. The molecule has 4 rings (SSSR count). The second-order valence-electron chi connectivity index (χ2n) is 5.06. The van der Waals surface area contributed by atoms with Crippen LogP contribution < -0.4 is 0 Å². The van der Waals surface area contributed by atoms with Crippen LogP contribution in [0.2, 0.25) is 0 Å². The van der Waals surface area contributed by atoms with Crippen LogP contribution in [0.5, 0.6) is 0 Å². The minimum absolute atomic E-state index is 1.02. The van der Waals surface area contributed by atoms with Crippen LogP contribution in [0.15, 0.2) is 58.8 Å². The first-order valence-electron chi connectivity index (χ1n) is 7.15. The zero-order chi connectivity index (χ0) is 14.9. The Labute approximate surface area is 138 Å². The van der Waals surface area contributed by atoms with E-state index in [1.165, 1.54) is 21.7 Å². The minimum Gasteiger partial charge on any atom is -0.318 e. The smallest absolute Gasteiger partial charge is 0.169 e. The summed E-state index contributed by atoms with van der Waals surface area (Å²) in [6.45, 7) is 1.02. The van der Waals surface area contributed by atoms with E-state index >= 15 is 0 Å². The first-order valence-corrected chi connectivity index (χ1v) is 9.36. The fourth-order valence-corrected chi connectivity index (χ4v) is 4.09. The average molecular weight is 325 g/mol. The molecule has 0 N–H and O–H groups in total. The summed E-state index contributed by atoms with van der Waals surface area (Å²) in [4.78, 5) is 10.3. The van der Waals surface area contributed by atoms with Crippen molar-refractivity contribution in [2.75, 3.05) is 12.0 Å². The quantitative estimate of drug-likeness (QED) is 0.666. The van der Waals surface area contributed by atoms with Crippen LogP contribution in [0, 0.1) is 0 Å². The Balaban J connectivity index is 1.89. The highest BCUT2D eigenvalue weighted by Crippen LogP contribution is 2.39. The van der Waals surface area contributed by atoms with Gasteiger partial charge in [0, 0.05) is 40.7 Å². The second kappa shape index (κ2) is 5.82. The maximum atomic E-state index is 4.89. The normalized spacial score (nSPS) is 13.3. The van der Waals surface area contributed by atoms with E-state index in [4.69, 9.17) is 4.98 Å². The van der Waals surface area contributed by atoms with Gasteiger partial charge in [0.25, 0.3) is 0 Å². The molecular formula is C17H15N3S2. The zero-order valence-electron chi connectivity index (χ0n) is 12.2. The van der Waals surface area contributed by atoms with Crippen molar-refractivity contribution in [2.24, 2.45) is 0 Å². The molecular weight excluding hydrogens is 310 g/mol. The predicted octanol–water partition coefficient (Wildman–Crippen LogP) is 4.44. The largest absolute Gasteiger partial charge is 0.318 e. The van der Waals surface area contributed by atoms with Crippen LogP contribution in [-0.4, -0.2) is 26.5 Å². The summed E-state index contributed by atoms with van der Waals surface area (Å²) in [5, 5.41) is 1.12. The standard InChI is InChI=1S/C17H15N3S2/c1-21-14-4-2-12(3-5-14)15-16(13-6-8-18-9-7-13)20-10-11-22-17(20)19-15/h2-9H,10-11H2,1H3. The lowest BCUT2D eigenvalue weighted by Gasteiger charge is -2.08. The molecule has 0 fully saturated rings. The van der Waals surface area contributed by atoms with Crippen molar-refractivity contribution in [1.82, 2.24) is 14.5 Å². The van der Waals surface area contributed by atoms with E-state index in [1.807, 2.05) is 24.2 Å². The fraction of sp³-hybridized carbons (Fsp3) is 0.176. The van der Waals surface area contributed by atoms with Crippen LogP contribution in [-0.2, 0) is 6.54 Å². The number of aromatic nitrogens is 3. The minimum atomic E-state index is 1.02. The number of pyridine rings is 1. The number of thioether (sulfide) groups is 2. The van der Waals surface area contributed by atoms with Gasteiger partial charge in [-0.3, -0.25) is 4.98 Å². The van der Waals surface area contributed by atoms with Gasteiger partial charge >= 0.3 is 0 Å². The molecule has 0 radical (unpaired) electrons. The van der Waals surface area contributed by atoms with E-state index in [0.29, 0.717) is 0 Å². The Bertz CT molecular complexity index is 795. The monoisotopic (exact) mass is 325 g/mol. The van der Waals surface area contributed by atoms with Crippen LogP contribution in [0.3, 0.4) is 0 Å². The van der Waals surface area contributed by atoms with Gasteiger partial charge in [-0.05, 0) is 30.5 Å². The Morgan fingerprint density at radius 1 is 1.05 bits per heavy atom. The molecule has 3 nitrogen and oxygen atoms in total. The molecule has 0 aliphatic carbocycles. The van der Waals surface area contributed by atoms with Crippen LogP contribution in [0.25, 0.3) is 22.5 Å². The van der Waals surface area contributed by atoms with E-state index in [-0.39, 0.29) is 0 Å². The van der Waals surface area contributed by atoms with Gasteiger partial charge in [-0.25, -0.2) is 4.98 Å². The predicted molar refractivity (Wildman–Crippen MR) is 93.4 cm³/mol. The molecule has 3 aromatic rings.